The van der Waals surface area contributed by atoms with Gasteiger partial charge >= 0.3 is 0 Å². The molecule has 0 bridgehead atoms. The molecular formula is C15H18N4OS. The summed E-state index contributed by atoms with van der Waals surface area (Å²) in [7, 11) is 1.93. The van der Waals surface area contributed by atoms with Crippen LogP contribution in [-0.4, -0.2) is 27.9 Å². The first-order chi connectivity index (χ1) is 10.2. The van der Waals surface area contributed by atoms with Gasteiger partial charge in [0, 0.05) is 19.8 Å². The van der Waals surface area contributed by atoms with Crippen LogP contribution in [0.4, 0.5) is 5.13 Å². The van der Waals surface area contributed by atoms with Gasteiger partial charge in [0.15, 0.2) is 5.13 Å². The van der Waals surface area contributed by atoms with Crippen molar-refractivity contribution in [2.75, 3.05) is 18.5 Å². The summed E-state index contributed by atoms with van der Waals surface area (Å²) in [6, 6.07) is 6.01. The zero-order valence-corrected chi connectivity index (χ0v) is 13.0. The van der Waals surface area contributed by atoms with E-state index in [1.807, 2.05) is 49.2 Å². The second-order valence-electron chi connectivity index (χ2n) is 4.78. The molecule has 0 aliphatic rings. The smallest absolute Gasteiger partial charge is 0.183 e. The first kappa shape index (κ1) is 13.9. The fourth-order valence-electron chi connectivity index (χ4n) is 2.15. The van der Waals surface area contributed by atoms with E-state index in [1.54, 1.807) is 11.3 Å². The maximum absolute atomic E-state index is 5.51. The Labute approximate surface area is 127 Å². The van der Waals surface area contributed by atoms with Crippen molar-refractivity contribution in [3.8, 4) is 5.75 Å². The third kappa shape index (κ3) is 3.33. The van der Waals surface area contributed by atoms with Crippen molar-refractivity contribution in [2.45, 2.75) is 13.3 Å². The molecule has 0 spiro atoms. The summed E-state index contributed by atoms with van der Waals surface area (Å²) in [5.74, 6) is 0.899. The predicted molar refractivity (Wildman–Crippen MR) is 86.2 cm³/mol. The Balaban J connectivity index is 1.64. The van der Waals surface area contributed by atoms with E-state index in [9.17, 15) is 0 Å². The molecule has 2 heterocycles. The van der Waals surface area contributed by atoms with Gasteiger partial charge in [0.1, 0.15) is 5.75 Å². The summed E-state index contributed by atoms with van der Waals surface area (Å²) in [5.41, 5.74) is 2.23. The summed E-state index contributed by atoms with van der Waals surface area (Å²) in [6.07, 6.45) is 4.87. The van der Waals surface area contributed by atoms with Crippen molar-refractivity contribution in [1.29, 1.82) is 0 Å². The van der Waals surface area contributed by atoms with Gasteiger partial charge in [-0.2, -0.15) is 5.10 Å². The number of thiazole rings is 1. The van der Waals surface area contributed by atoms with Crippen LogP contribution < -0.4 is 10.1 Å². The molecule has 0 unspecified atom stereocenters. The summed E-state index contributed by atoms with van der Waals surface area (Å²) >= 11 is 1.65. The predicted octanol–water partition coefficient (Wildman–Crippen LogP) is 3.08. The molecule has 0 radical (unpaired) electrons. The van der Waals surface area contributed by atoms with Crippen molar-refractivity contribution in [3.63, 3.8) is 0 Å². The van der Waals surface area contributed by atoms with Gasteiger partial charge in [0.05, 0.1) is 23.0 Å². The van der Waals surface area contributed by atoms with Crippen molar-refractivity contribution >= 4 is 26.7 Å². The molecule has 0 saturated carbocycles. The lowest BCUT2D eigenvalue weighted by Crippen LogP contribution is -2.03. The second-order valence-corrected chi connectivity index (χ2v) is 5.81. The highest BCUT2D eigenvalue weighted by atomic mass is 32.1. The summed E-state index contributed by atoms with van der Waals surface area (Å²) < 4.78 is 8.48. The molecule has 0 atom stereocenters. The van der Waals surface area contributed by atoms with E-state index in [2.05, 4.69) is 15.4 Å². The molecule has 2 aromatic heterocycles. The van der Waals surface area contributed by atoms with Crippen LogP contribution in [0.15, 0.2) is 30.6 Å². The number of nitrogens with zero attached hydrogens (tertiary/aromatic N) is 3. The Kier molecular flexibility index (Phi) is 4.06. The molecule has 3 rings (SSSR count). The first-order valence-electron chi connectivity index (χ1n) is 6.99. The molecule has 0 aliphatic heterocycles. The summed E-state index contributed by atoms with van der Waals surface area (Å²) in [4.78, 5) is 4.58. The highest BCUT2D eigenvalue weighted by molar-refractivity contribution is 7.22. The Morgan fingerprint density at radius 2 is 2.29 bits per heavy atom. The van der Waals surface area contributed by atoms with Gasteiger partial charge in [0.25, 0.3) is 0 Å². The third-order valence-corrected chi connectivity index (χ3v) is 4.10. The fourth-order valence-corrected chi connectivity index (χ4v) is 3.07. The Morgan fingerprint density at radius 3 is 3.05 bits per heavy atom. The van der Waals surface area contributed by atoms with E-state index in [0.29, 0.717) is 6.61 Å². The maximum Gasteiger partial charge on any atom is 0.183 e. The number of ether oxygens (including phenoxy) is 1. The van der Waals surface area contributed by atoms with Crippen LogP contribution in [0.3, 0.4) is 0 Å². The van der Waals surface area contributed by atoms with Gasteiger partial charge < -0.3 is 10.1 Å². The number of anilines is 1. The van der Waals surface area contributed by atoms with Crippen LogP contribution in [-0.2, 0) is 13.5 Å². The summed E-state index contributed by atoms with van der Waals surface area (Å²) in [5, 5.41) is 8.49. The van der Waals surface area contributed by atoms with Crippen LogP contribution in [0, 0.1) is 0 Å². The van der Waals surface area contributed by atoms with Gasteiger partial charge in [0.2, 0.25) is 0 Å². The SMILES string of the molecule is CCOc1ccc2nc(NCCc3cnn(C)c3)sc2c1. The van der Waals surface area contributed by atoms with Crippen LogP contribution >= 0.6 is 11.3 Å². The topological polar surface area (TPSA) is 52.0 Å². The number of nitrogens with one attached hydrogen (secondary N) is 1. The Morgan fingerprint density at radius 1 is 1.38 bits per heavy atom. The minimum Gasteiger partial charge on any atom is -0.494 e. The standard InChI is InChI=1S/C15H18N4OS/c1-3-20-12-4-5-13-14(8-12)21-15(18-13)16-7-6-11-9-17-19(2)10-11/h4-5,8-10H,3,6-7H2,1-2H3,(H,16,18). The molecule has 0 aliphatic carbocycles. The second kappa shape index (κ2) is 6.13. The van der Waals surface area contributed by atoms with E-state index in [0.717, 1.165) is 34.1 Å². The molecule has 3 aromatic rings. The van der Waals surface area contributed by atoms with Crippen molar-refractivity contribution in [2.24, 2.45) is 7.05 Å². The monoisotopic (exact) mass is 302 g/mol. The average molecular weight is 302 g/mol. The molecule has 5 nitrogen and oxygen atoms in total. The minimum atomic E-state index is 0.681. The zero-order chi connectivity index (χ0) is 14.7. The summed E-state index contributed by atoms with van der Waals surface area (Å²) in [6.45, 7) is 3.52. The molecular weight excluding hydrogens is 284 g/mol. The van der Waals surface area contributed by atoms with E-state index < -0.39 is 0 Å². The van der Waals surface area contributed by atoms with Gasteiger partial charge in [-0.3, -0.25) is 4.68 Å². The normalized spacial score (nSPS) is 11.0. The van der Waals surface area contributed by atoms with Crippen molar-refractivity contribution < 1.29 is 4.74 Å². The number of aryl methyl sites for hydroxylation is 1. The Bertz CT molecular complexity index is 734. The molecule has 1 aromatic carbocycles. The number of fused-ring (bicyclic) bond motifs is 1. The molecule has 6 heteroatoms. The van der Waals surface area contributed by atoms with Gasteiger partial charge in [-0.25, -0.2) is 4.98 Å². The molecule has 110 valence electrons. The number of hydrogen-bond donors (Lipinski definition) is 1. The van der Waals surface area contributed by atoms with Crippen LogP contribution in [0.1, 0.15) is 12.5 Å². The van der Waals surface area contributed by atoms with E-state index >= 15 is 0 Å². The molecule has 0 fully saturated rings. The lowest BCUT2D eigenvalue weighted by Gasteiger charge is -2.00. The van der Waals surface area contributed by atoms with Gasteiger partial charge in [-0.15, -0.1) is 0 Å². The van der Waals surface area contributed by atoms with Crippen molar-refractivity contribution in [3.05, 3.63) is 36.2 Å². The lowest BCUT2D eigenvalue weighted by molar-refractivity contribution is 0.341. The largest absolute Gasteiger partial charge is 0.494 e. The van der Waals surface area contributed by atoms with E-state index in [1.165, 1.54) is 5.56 Å². The maximum atomic E-state index is 5.51. The number of benzene rings is 1. The van der Waals surface area contributed by atoms with Crippen LogP contribution in [0.25, 0.3) is 10.2 Å². The molecule has 0 saturated heterocycles. The fraction of sp³-hybridized carbons (Fsp3) is 0.333. The third-order valence-electron chi connectivity index (χ3n) is 3.12. The van der Waals surface area contributed by atoms with Crippen molar-refractivity contribution in [1.82, 2.24) is 14.8 Å². The van der Waals surface area contributed by atoms with Crippen LogP contribution in [0.5, 0.6) is 5.75 Å². The average Bonchev–Trinajstić information content (AvgIpc) is 3.05. The molecule has 1 N–H and O–H groups in total. The molecule has 21 heavy (non-hydrogen) atoms. The zero-order valence-electron chi connectivity index (χ0n) is 12.2. The Hall–Kier alpha value is -2.08. The van der Waals surface area contributed by atoms with Gasteiger partial charge in [-0.05, 0) is 37.1 Å². The lowest BCUT2D eigenvalue weighted by atomic mass is 10.2. The first-order valence-corrected chi connectivity index (χ1v) is 7.81. The highest BCUT2D eigenvalue weighted by Crippen LogP contribution is 2.29. The molecule has 0 amide bonds. The number of rotatable bonds is 6. The van der Waals surface area contributed by atoms with Crippen LogP contribution in [0.2, 0.25) is 0 Å². The number of hydrogen-bond acceptors (Lipinski definition) is 5. The highest BCUT2D eigenvalue weighted by Gasteiger charge is 2.05. The van der Waals surface area contributed by atoms with E-state index in [-0.39, 0.29) is 0 Å². The van der Waals surface area contributed by atoms with E-state index in [4.69, 9.17) is 4.74 Å². The number of aromatic nitrogens is 3. The quantitative estimate of drug-likeness (QED) is 0.760. The van der Waals surface area contributed by atoms with Gasteiger partial charge in [-0.1, -0.05) is 11.3 Å². The minimum absolute atomic E-state index is 0.681.